The van der Waals surface area contributed by atoms with E-state index in [0.29, 0.717) is 5.92 Å². The Labute approximate surface area is 40.6 Å². The van der Waals surface area contributed by atoms with E-state index < -0.39 is 0 Å². The van der Waals surface area contributed by atoms with Gasteiger partial charge in [0.05, 0.1) is 12.8 Å². The Morgan fingerprint density at radius 2 is 1.33 bits per heavy atom. The van der Waals surface area contributed by atoms with E-state index >= 15 is 0 Å². The molecule has 0 saturated heterocycles. The van der Waals surface area contributed by atoms with Gasteiger partial charge >= 0.3 is 0 Å². The molecule has 0 spiro atoms. The Bertz CT molecular complexity index is 21.0. The maximum atomic E-state index is 3.84. The van der Waals surface area contributed by atoms with Gasteiger partial charge in [0.25, 0.3) is 0 Å². The minimum atomic E-state index is 0.602. The van der Waals surface area contributed by atoms with Crippen LogP contribution in [0.3, 0.4) is 0 Å². The molecule has 0 fully saturated rings. The van der Waals surface area contributed by atoms with Crippen LogP contribution in [-0.2, 0) is 0 Å². The highest BCUT2D eigenvalue weighted by Crippen LogP contribution is 2.05. The van der Waals surface area contributed by atoms with E-state index in [1.54, 1.807) is 0 Å². The third kappa shape index (κ3) is 2.13. The first-order valence-electron chi connectivity index (χ1n) is 2.47. The standard InChI is InChI=1S/C6H13/c1-5(2)6(3)4/h5-6H,1H2,2-4H3/q+1. The SMILES string of the molecule is [CH2+]C(C)C(C)C. The smallest absolute Gasteiger partial charge is 0.0584 e. The second-order valence-electron chi connectivity index (χ2n) is 2.22. The first kappa shape index (κ1) is 5.87. The maximum Gasteiger partial charge on any atom is 0.0947 e. The number of hydrogen-bond donors (Lipinski definition) is 0. The van der Waals surface area contributed by atoms with Crippen LogP contribution in [0.4, 0.5) is 0 Å². The average molecular weight is 85.2 g/mol. The Morgan fingerprint density at radius 3 is 1.33 bits per heavy atom. The lowest BCUT2D eigenvalue weighted by molar-refractivity contribution is 0.501. The van der Waals surface area contributed by atoms with Gasteiger partial charge in [-0.05, 0) is 12.8 Å². The molecular formula is C6H13+. The maximum absolute atomic E-state index is 3.84. The fourth-order valence-electron chi connectivity index (χ4n) is 0. The normalized spacial score (nSPS) is 15.3. The van der Waals surface area contributed by atoms with E-state index in [2.05, 4.69) is 27.7 Å². The van der Waals surface area contributed by atoms with Gasteiger partial charge in [0.1, 0.15) is 0 Å². The summed E-state index contributed by atoms with van der Waals surface area (Å²) < 4.78 is 0. The van der Waals surface area contributed by atoms with Gasteiger partial charge in [-0.25, -0.2) is 0 Å². The second-order valence-corrected chi connectivity index (χ2v) is 2.22. The van der Waals surface area contributed by atoms with Gasteiger partial charge in [-0.3, -0.25) is 0 Å². The lowest BCUT2D eigenvalue weighted by Gasteiger charge is -1.98. The minimum Gasteiger partial charge on any atom is -0.0584 e. The van der Waals surface area contributed by atoms with Crippen molar-refractivity contribution in [3.63, 3.8) is 0 Å². The molecule has 0 aliphatic carbocycles. The lowest BCUT2D eigenvalue weighted by atomic mass is 10.0. The summed E-state index contributed by atoms with van der Waals surface area (Å²) in [5.74, 6) is 1.34. The molecule has 0 radical (unpaired) electrons. The average Bonchev–Trinajstić information content (AvgIpc) is 1.36. The van der Waals surface area contributed by atoms with Gasteiger partial charge in [-0.15, -0.1) is 0 Å². The molecule has 0 aliphatic rings. The van der Waals surface area contributed by atoms with Crippen molar-refractivity contribution in [1.82, 2.24) is 0 Å². The molecule has 0 nitrogen and oxygen atoms in total. The number of hydrogen-bond acceptors (Lipinski definition) is 0. The summed E-state index contributed by atoms with van der Waals surface area (Å²) in [5.41, 5.74) is 0. The van der Waals surface area contributed by atoms with E-state index in [1.165, 1.54) is 0 Å². The van der Waals surface area contributed by atoms with Crippen molar-refractivity contribution in [2.75, 3.05) is 0 Å². The van der Waals surface area contributed by atoms with Crippen LogP contribution in [0.1, 0.15) is 20.8 Å². The molecule has 0 rings (SSSR count). The van der Waals surface area contributed by atoms with Crippen LogP contribution >= 0.6 is 0 Å². The van der Waals surface area contributed by atoms with Gasteiger partial charge in [0.2, 0.25) is 0 Å². The number of rotatable bonds is 1. The molecule has 0 heteroatoms. The van der Waals surface area contributed by atoms with E-state index in [-0.39, 0.29) is 0 Å². The van der Waals surface area contributed by atoms with Crippen molar-refractivity contribution >= 4 is 0 Å². The first-order chi connectivity index (χ1) is 2.64. The zero-order chi connectivity index (χ0) is 5.15. The van der Waals surface area contributed by atoms with Crippen molar-refractivity contribution in [2.24, 2.45) is 11.8 Å². The predicted octanol–water partition coefficient (Wildman–Crippen LogP) is 2.11. The Morgan fingerprint density at radius 1 is 1.17 bits per heavy atom. The van der Waals surface area contributed by atoms with Gasteiger partial charge in [-0.2, -0.15) is 0 Å². The second kappa shape index (κ2) is 2.12. The van der Waals surface area contributed by atoms with Gasteiger partial charge < -0.3 is 0 Å². The Kier molecular flexibility index (Phi) is 2.07. The summed E-state index contributed by atoms with van der Waals surface area (Å²) >= 11 is 0. The summed E-state index contributed by atoms with van der Waals surface area (Å²) in [7, 11) is 0. The van der Waals surface area contributed by atoms with Crippen molar-refractivity contribution < 1.29 is 0 Å². The molecule has 0 amide bonds. The zero-order valence-corrected chi connectivity index (χ0v) is 4.86. The van der Waals surface area contributed by atoms with Gasteiger partial charge in [0, 0.05) is 0 Å². The van der Waals surface area contributed by atoms with Gasteiger partial charge in [-0.1, -0.05) is 13.8 Å². The van der Waals surface area contributed by atoms with Crippen LogP contribution in [0, 0.1) is 18.8 Å². The third-order valence-electron chi connectivity index (χ3n) is 1.14. The predicted molar refractivity (Wildman–Crippen MR) is 29.4 cm³/mol. The molecule has 0 heterocycles. The highest BCUT2D eigenvalue weighted by Gasteiger charge is 2.03. The van der Waals surface area contributed by atoms with Crippen molar-refractivity contribution in [3.05, 3.63) is 6.92 Å². The van der Waals surface area contributed by atoms with E-state index in [9.17, 15) is 0 Å². The Balaban J connectivity index is 2.99. The van der Waals surface area contributed by atoms with Crippen molar-refractivity contribution in [2.45, 2.75) is 20.8 Å². The molecular weight excluding hydrogens is 72.1 g/mol. The summed E-state index contributed by atoms with van der Waals surface area (Å²) in [5, 5.41) is 0. The molecule has 6 heavy (non-hydrogen) atoms. The van der Waals surface area contributed by atoms with Crippen LogP contribution in [0.15, 0.2) is 0 Å². The fraction of sp³-hybridized carbons (Fsp3) is 0.833. The van der Waals surface area contributed by atoms with Crippen LogP contribution in [0.25, 0.3) is 0 Å². The van der Waals surface area contributed by atoms with Crippen molar-refractivity contribution in [3.8, 4) is 0 Å². The molecule has 0 saturated carbocycles. The molecule has 0 bridgehead atoms. The van der Waals surface area contributed by atoms with E-state index in [1.807, 2.05) is 0 Å². The van der Waals surface area contributed by atoms with Crippen LogP contribution in [0.2, 0.25) is 0 Å². The Hall–Kier alpha value is -0.130. The monoisotopic (exact) mass is 85.1 g/mol. The molecule has 36 valence electrons. The fourth-order valence-corrected chi connectivity index (χ4v) is 0. The molecule has 1 unspecified atom stereocenters. The topological polar surface area (TPSA) is 0 Å². The van der Waals surface area contributed by atoms with E-state index in [4.69, 9.17) is 0 Å². The van der Waals surface area contributed by atoms with Gasteiger partial charge in [0.15, 0.2) is 0 Å². The third-order valence-corrected chi connectivity index (χ3v) is 1.14. The minimum absolute atomic E-state index is 0.602. The van der Waals surface area contributed by atoms with Crippen LogP contribution < -0.4 is 0 Å². The largest absolute Gasteiger partial charge is 0.0947 e. The van der Waals surface area contributed by atoms with Crippen molar-refractivity contribution in [1.29, 1.82) is 0 Å². The molecule has 1 atom stereocenters. The zero-order valence-electron chi connectivity index (χ0n) is 4.86. The molecule has 0 aromatic rings. The van der Waals surface area contributed by atoms with Crippen LogP contribution in [-0.4, -0.2) is 0 Å². The summed E-state index contributed by atoms with van der Waals surface area (Å²) in [6.07, 6.45) is 0. The molecule has 0 N–H and O–H groups in total. The lowest BCUT2D eigenvalue weighted by Crippen LogP contribution is -1.96. The first-order valence-corrected chi connectivity index (χ1v) is 2.47. The summed E-state index contributed by atoms with van der Waals surface area (Å²) in [6.45, 7) is 10.3. The van der Waals surface area contributed by atoms with Crippen LogP contribution in [0.5, 0.6) is 0 Å². The summed E-state index contributed by atoms with van der Waals surface area (Å²) in [6, 6.07) is 0. The molecule has 0 aromatic carbocycles. The van der Waals surface area contributed by atoms with E-state index in [0.717, 1.165) is 5.92 Å². The highest BCUT2D eigenvalue weighted by molar-refractivity contribution is 4.56. The summed E-state index contributed by atoms with van der Waals surface area (Å²) in [4.78, 5) is 0. The quantitative estimate of drug-likeness (QED) is 0.428. The highest BCUT2D eigenvalue weighted by atomic mass is 14.0. The molecule has 0 aliphatic heterocycles. The molecule has 0 aromatic heterocycles.